The summed E-state index contributed by atoms with van der Waals surface area (Å²) in [5.41, 5.74) is -0.688. The number of fused-ring (bicyclic) bond motifs is 1. The lowest BCUT2D eigenvalue weighted by Gasteiger charge is -2.22. The van der Waals surface area contributed by atoms with Gasteiger partial charge in [-0.05, 0) is 12.1 Å². The van der Waals surface area contributed by atoms with Crippen LogP contribution >= 0.6 is 11.6 Å². The van der Waals surface area contributed by atoms with Crippen LogP contribution < -0.4 is 0 Å². The number of carboxylic acid groups (broad SMARTS) is 1. The van der Waals surface area contributed by atoms with Gasteiger partial charge in [-0.3, -0.25) is 9.59 Å². The largest absolute Gasteiger partial charge is 0.481 e. The molecule has 2 bridgehead atoms. The molecule has 0 aliphatic carbocycles. The average molecular weight is 338 g/mol. The number of carbonyl (C=O) groups is 2. The first-order valence-corrected chi connectivity index (χ1v) is 7.62. The van der Waals surface area contributed by atoms with E-state index in [1.165, 1.54) is 17.0 Å². The second kappa shape index (κ2) is 4.79. The summed E-state index contributed by atoms with van der Waals surface area (Å²) in [6, 6.07) is 4.33. The van der Waals surface area contributed by atoms with Crippen molar-refractivity contribution in [2.24, 2.45) is 11.8 Å². The summed E-state index contributed by atoms with van der Waals surface area (Å²) in [5.74, 6) is -3.53. The molecule has 4 atom stereocenters. The minimum atomic E-state index is -1.05. The molecule has 3 heterocycles. The molecule has 1 spiro atoms. The SMILES string of the molecule is O=C(O)[C@H]1[C@@H]2C=C[C@]3(CN(Cc4c(F)cccc4Cl)C(=O)[C@@H]13)O2. The summed E-state index contributed by atoms with van der Waals surface area (Å²) in [7, 11) is 0. The molecule has 1 N–H and O–H groups in total. The Labute approximate surface area is 136 Å². The van der Waals surface area contributed by atoms with Gasteiger partial charge in [0.25, 0.3) is 0 Å². The van der Waals surface area contributed by atoms with E-state index >= 15 is 0 Å². The molecule has 0 radical (unpaired) electrons. The molecule has 5 nitrogen and oxygen atoms in total. The highest BCUT2D eigenvalue weighted by atomic mass is 35.5. The summed E-state index contributed by atoms with van der Waals surface area (Å²) in [6.07, 6.45) is 2.89. The molecular weight excluding hydrogens is 325 g/mol. The molecule has 0 unspecified atom stereocenters. The molecule has 1 amide bonds. The third-order valence-corrected chi connectivity index (χ3v) is 5.23. The zero-order valence-corrected chi connectivity index (χ0v) is 12.7. The molecule has 3 aliphatic heterocycles. The number of hydrogen-bond donors (Lipinski definition) is 1. The van der Waals surface area contributed by atoms with Gasteiger partial charge in [-0.25, -0.2) is 4.39 Å². The Kier molecular flexibility index (Phi) is 3.05. The van der Waals surface area contributed by atoms with Crippen LogP contribution in [0, 0.1) is 17.7 Å². The van der Waals surface area contributed by atoms with Gasteiger partial charge in [-0.1, -0.05) is 29.8 Å². The molecule has 120 valence electrons. The number of rotatable bonds is 3. The van der Waals surface area contributed by atoms with Crippen molar-refractivity contribution in [1.82, 2.24) is 4.90 Å². The van der Waals surface area contributed by atoms with Gasteiger partial charge in [-0.15, -0.1) is 0 Å². The van der Waals surface area contributed by atoms with Crippen molar-refractivity contribution in [3.05, 3.63) is 46.8 Å². The zero-order valence-electron chi connectivity index (χ0n) is 11.9. The molecule has 7 heteroatoms. The monoisotopic (exact) mass is 337 g/mol. The number of hydrogen-bond acceptors (Lipinski definition) is 3. The van der Waals surface area contributed by atoms with E-state index in [4.69, 9.17) is 16.3 Å². The standard InChI is InChI=1S/C16H13ClFNO4/c17-9-2-1-3-10(18)8(9)6-19-7-16-5-4-11(23-16)12(15(21)22)13(16)14(19)20/h1-5,11-13H,6-7H2,(H,21,22)/t11-,12-,13+,16+/m0/s1. The summed E-state index contributed by atoms with van der Waals surface area (Å²) in [5, 5.41) is 9.63. The average Bonchev–Trinajstić information content (AvgIpc) is 3.12. The highest BCUT2D eigenvalue weighted by molar-refractivity contribution is 6.31. The predicted molar refractivity (Wildman–Crippen MR) is 78.2 cm³/mol. The van der Waals surface area contributed by atoms with E-state index in [9.17, 15) is 19.1 Å². The Morgan fingerprint density at radius 3 is 3.00 bits per heavy atom. The van der Waals surface area contributed by atoms with Crippen LogP contribution in [-0.4, -0.2) is 40.1 Å². The maximum atomic E-state index is 13.9. The lowest BCUT2D eigenvalue weighted by atomic mass is 9.77. The van der Waals surface area contributed by atoms with Gasteiger partial charge in [0.15, 0.2) is 0 Å². The number of carboxylic acids is 1. The van der Waals surface area contributed by atoms with Crippen molar-refractivity contribution < 1.29 is 23.8 Å². The van der Waals surface area contributed by atoms with Crippen LogP contribution in [0.2, 0.25) is 5.02 Å². The van der Waals surface area contributed by atoms with E-state index < -0.39 is 35.3 Å². The van der Waals surface area contributed by atoms with E-state index in [1.807, 2.05) is 0 Å². The molecule has 1 aromatic rings. The van der Waals surface area contributed by atoms with Crippen LogP contribution in [0.4, 0.5) is 4.39 Å². The molecule has 2 saturated heterocycles. The van der Waals surface area contributed by atoms with Crippen LogP contribution in [0.1, 0.15) is 5.56 Å². The van der Waals surface area contributed by atoms with Gasteiger partial charge in [-0.2, -0.15) is 0 Å². The Balaban J connectivity index is 1.66. The number of likely N-dealkylation sites (tertiary alicyclic amines) is 1. The highest BCUT2D eigenvalue weighted by Gasteiger charge is 2.67. The van der Waals surface area contributed by atoms with Crippen molar-refractivity contribution in [2.45, 2.75) is 18.2 Å². The van der Waals surface area contributed by atoms with Gasteiger partial charge in [0, 0.05) is 10.6 Å². The smallest absolute Gasteiger partial charge is 0.310 e. The van der Waals surface area contributed by atoms with E-state index in [0.717, 1.165) is 0 Å². The summed E-state index contributed by atoms with van der Waals surface area (Å²) >= 11 is 6.01. The second-order valence-electron chi connectivity index (χ2n) is 6.13. The topological polar surface area (TPSA) is 66.8 Å². The number of halogens is 2. The van der Waals surface area contributed by atoms with Crippen molar-refractivity contribution in [3.8, 4) is 0 Å². The van der Waals surface area contributed by atoms with Crippen LogP contribution in [0.3, 0.4) is 0 Å². The van der Waals surface area contributed by atoms with Crippen molar-refractivity contribution in [1.29, 1.82) is 0 Å². The number of amides is 1. The lowest BCUT2D eigenvalue weighted by molar-refractivity contribution is -0.148. The van der Waals surface area contributed by atoms with Crippen LogP contribution in [0.25, 0.3) is 0 Å². The van der Waals surface area contributed by atoms with Crippen LogP contribution in [-0.2, 0) is 20.9 Å². The number of ether oxygens (including phenoxy) is 1. The first-order valence-electron chi connectivity index (χ1n) is 7.24. The number of benzene rings is 1. The molecule has 0 saturated carbocycles. The van der Waals surface area contributed by atoms with Crippen LogP contribution in [0.5, 0.6) is 0 Å². The molecule has 4 rings (SSSR count). The highest BCUT2D eigenvalue weighted by Crippen LogP contribution is 2.52. The minimum absolute atomic E-state index is 0.00318. The maximum Gasteiger partial charge on any atom is 0.310 e. The minimum Gasteiger partial charge on any atom is -0.481 e. The Hall–Kier alpha value is -1.92. The fourth-order valence-electron chi connectivity index (χ4n) is 3.87. The van der Waals surface area contributed by atoms with Gasteiger partial charge in [0.05, 0.1) is 25.1 Å². The maximum absolute atomic E-state index is 13.9. The van der Waals surface area contributed by atoms with E-state index in [2.05, 4.69) is 0 Å². The summed E-state index contributed by atoms with van der Waals surface area (Å²) in [6.45, 7) is 0.203. The fraction of sp³-hybridized carbons (Fsp3) is 0.375. The lowest BCUT2D eigenvalue weighted by Crippen LogP contribution is -2.39. The first-order chi connectivity index (χ1) is 10.9. The van der Waals surface area contributed by atoms with Gasteiger partial charge in [0.1, 0.15) is 17.3 Å². The van der Waals surface area contributed by atoms with Crippen LogP contribution in [0.15, 0.2) is 30.4 Å². The number of carbonyl (C=O) groups excluding carboxylic acids is 1. The Morgan fingerprint density at radius 1 is 1.52 bits per heavy atom. The molecule has 3 aliphatic rings. The zero-order chi connectivity index (χ0) is 16.4. The third-order valence-electron chi connectivity index (χ3n) is 4.87. The molecule has 1 aromatic carbocycles. The van der Waals surface area contributed by atoms with E-state index in [1.54, 1.807) is 18.2 Å². The van der Waals surface area contributed by atoms with E-state index in [0.29, 0.717) is 0 Å². The normalized spacial score (nSPS) is 34.3. The van der Waals surface area contributed by atoms with Gasteiger partial charge in [0.2, 0.25) is 5.91 Å². The molecule has 23 heavy (non-hydrogen) atoms. The summed E-state index contributed by atoms with van der Waals surface area (Å²) < 4.78 is 19.7. The van der Waals surface area contributed by atoms with Crippen molar-refractivity contribution >= 4 is 23.5 Å². The second-order valence-corrected chi connectivity index (χ2v) is 6.54. The quantitative estimate of drug-likeness (QED) is 0.855. The van der Waals surface area contributed by atoms with E-state index in [-0.39, 0.29) is 29.6 Å². The molecule has 2 fully saturated rings. The fourth-order valence-corrected chi connectivity index (χ4v) is 4.09. The number of aliphatic carboxylic acids is 1. The van der Waals surface area contributed by atoms with Crippen molar-refractivity contribution in [3.63, 3.8) is 0 Å². The van der Waals surface area contributed by atoms with Gasteiger partial charge < -0.3 is 14.7 Å². The molecule has 0 aromatic heterocycles. The van der Waals surface area contributed by atoms with Crippen molar-refractivity contribution in [2.75, 3.05) is 6.54 Å². The Bertz CT molecular complexity index is 731. The first kappa shape index (κ1) is 14.7. The van der Waals surface area contributed by atoms with Gasteiger partial charge >= 0.3 is 5.97 Å². The predicted octanol–water partition coefficient (Wildman–Crippen LogP) is 1.85. The number of nitrogens with zero attached hydrogens (tertiary/aromatic N) is 1. The molecular formula is C16H13ClFNO4. The summed E-state index contributed by atoms with van der Waals surface area (Å²) in [4.78, 5) is 25.6. The Morgan fingerprint density at radius 2 is 2.30 bits per heavy atom. The third kappa shape index (κ3) is 1.95.